The number of aryl methyl sites for hydroxylation is 2. The van der Waals surface area contributed by atoms with Crippen molar-refractivity contribution in [2.24, 2.45) is 0 Å². The molecule has 0 radical (unpaired) electrons. The first kappa shape index (κ1) is 12.9. The van der Waals surface area contributed by atoms with E-state index in [4.69, 9.17) is 16.3 Å². The van der Waals surface area contributed by atoms with Gasteiger partial charge in [0.1, 0.15) is 5.75 Å². The smallest absolute Gasteiger partial charge is 0.231 e. The van der Waals surface area contributed by atoms with Gasteiger partial charge in [-0.3, -0.25) is 0 Å². The van der Waals surface area contributed by atoms with Crippen molar-refractivity contribution in [3.8, 4) is 11.6 Å². The van der Waals surface area contributed by atoms with E-state index in [9.17, 15) is 0 Å². The minimum absolute atomic E-state index is 0.185. The Morgan fingerprint density at radius 3 is 2.35 bits per heavy atom. The Morgan fingerprint density at radius 1 is 0.900 bits per heavy atom. The number of nitrogens with zero attached hydrogens (tertiary/aromatic N) is 2. The number of halogens is 1. The number of fused-ring (bicyclic) bond motifs is 1. The Balaban J connectivity index is 2.16. The number of hydrogen-bond donors (Lipinski definition) is 0. The van der Waals surface area contributed by atoms with Gasteiger partial charge in [-0.15, -0.1) is 0 Å². The first-order valence-corrected chi connectivity index (χ1v) is 6.69. The lowest BCUT2D eigenvalue weighted by molar-refractivity contribution is 0.461. The van der Waals surface area contributed by atoms with Gasteiger partial charge >= 0.3 is 0 Å². The normalized spacial score (nSPS) is 10.8. The van der Waals surface area contributed by atoms with Crippen LogP contribution in [0.25, 0.3) is 10.9 Å². The zero-order valence-electron chi connectivity index (χ0n) is 11.2. The van der Waals surface area contributed by atoms with Crippen LogP contribution in [-0.4, -0.2) is 9.97 Å². The number of para-hydroxylation sites is 2. The largest absolute Gasteiger partial charge is 0.438 e. The fraction of sp³-hybridized carbons (Fsp3) is 0.125. The lowest BCUT2D eigenvalue weighted by Crippen LogP contribution is -1.96. The highest BCUT2D eigenvalue weighted by atomic mass is 35.5. The summed E-state index contributed by atoms with van der Waals surface area (Å²) in [4.78, 5) is 8.41. The van der Waals surface area contributed by atoms with E-state index in [0.717, 1.165) is 27.8 Å². The molecule has 0 aliphatic carbocycles. The molecule has 0 saturated heterocycles. The number of benzene rings is 2. The molecule has 0 atom stereocenters. The van der Waals surface area contributed by atoms with E-state index in [1.54, 1.807) is 0 Å². The molecular weight excluding hydrogens is 272 g/mol. The summed E-state index contributed by atoms with van der Waals surface area (Å²) in [7, 11) is 0. The van der Waals surface area contributed by atoms with Crippen molar-refractivity contribution in [2.45, 2.75) is 13.8 Å². The van der Waals surface area contributed by atoms with Crippen LogP contribution in [0.4, 0.5) is 0 Å². The Kier molecular flexibility index (Phi) is 3.28. The first-order chi connectivity index (χ1) is 9.65. The fourth-order valence-electron chi connectivity index (χ4n) is 2.16. The summed E-state index contributed by atoms with van der Waals surface area (Å²) in [6.07, 6.45) is 0. The summed E-state index contributed by atoms with van der Waals surface area (Å²) in [6.45, 7) is 4.01. The minimum atomic E-state index is 0.185. The molecular formula is C16H13ClN2O. The van der Waals surface area contributed by atoms with Crippen LogP contribution in [0.5, 0.6) is 11.6 Å². The lowest BCUT2D eigenvalue weighted by Gasteiger charge is -2.12. The van der Waals surface area contributed by atoms with Gasteiger partial charge in [-0.2, -0.15) is 4.98 Å². The van der Waals surface area contributed by atoms with Crippen molar-refractivity contribution in [1.29, 1.82) is 0 Å². The van der Waals surface area contributed by atoms with Crippen LogP contribution < -0.4 is 4.74 Å². The quantitative estimate of drug-likeness (QED) is 0.640. The molecule has 3 aromatic rings. The molecule has 3 rings (SSSR count). The van der Waals surface area contributed by atoms with E-state index in [-0.39, 0.29) is 5.28 Å². The van der Waals surface area contributed by atoms with Crippen molar-refractivity contribution < 1.29 is 4.74 Å². The van der Waals surface area contributed by atoms with Gasteiger partial charge < -0.3 is 4.74 Å². The molecule has 100 valence electrons. The van der Waals surface area contributed by atoms with Crippen LogP contribution >= 0.6 is 11.6 Å². The van der Waals surface area contributed by atoms with Gasteiger partial charge in [0.25, 0.3) is 0 Å². The molecule has 3 nitrogen and oxygen atoms in total. The molecule has 0 amide bonds. The van der Waals surface area contributed by atoms with Crippen LogP contribution in [0.15, 0.2) is 42.5 Å². The molecule has 0 saturated carbocycles. The molecule has 0 bridgehead atoms. The Morgan fingerprint density at radius 2 is 1.60 bits per heavy atom. The summed E-state index contributed by atoms with van der Waals surface area (Å²) in [6, 6.07) is 13.7. The van der Waals surface area contributed by atoms with Gasteiger partial charge in [-0.1, -0.05) is 30.3 Å². The number of ether oxygens (including phenoxy) is 1. The standard InChI is InChI=1S/C16H13ClN2O/c1-10-6-5-7-11(2)14(10)20-15-12-8-3-4-9-13(12)18-16(17)19-15/h3-9H,1-2H3. The van der Waals surface area contributed by atoms with E-state index in [1.165, 1.54) is 0 Å². The van der Waals surface area contributed by atoms with Crippen molar-refractivity contribution in [2.75, 3.05) is 0 Å². The maximum Gasteiger partial charge on any atom is 0.231 e. The maximum atomic E-state index is 6.00. The van der Waals surface area contributed by atoms with Crippen LogP contribution in [0.3, 0.4) is 0 Å². The summed E-state index contributed by atoms with van der Waals surface area (Å²) >= 11 is 5.97. The van der Waals surface area contributed by atoms with E-state index in [0.29, 0.717) is 5.88 Å². The summed E-state index contributed by atoms with van der Waals surface area (Å²) in [5, 5.41) is 1.03. The zero-order chi connectivity index (χ0) is 14.1. The van der Waals surface area contributed by atoms with Crippen LogP contribution in [0.2, 0.25) is 5.28 Å². The molecule has 0 spiro atoms. The second-order valence-corrected chi connectivity index (χ2v) is 4.98. The second-order valence-electron chi connectivity index (χ2n) is 4.64. The van der Waals surface area contributed by atoms with Gasteiger partial charge in [0, 0.05) is 0 Å². The first-order valence-electron chi connectivity index (χ1n) is 6.31. The molecule has 0 N–H and O–H groups in total. The van der Waals surface area contributed by atoms with Gasteiger partial charge in [-0.05, 0) is 48.7 Å². The van der Waals surface area contributed by atoms with Gasteiger partial charge in [0.2, 0.25) is 11.2 Å². The number of aromatic nitrogens is 2. The van der Waals surface area contributed by atoms with E-state index in [1.807, 2.05) is 56.3 Å². The monoisotopic (exact) mass is 284 g/mol. The zero-order valence-corrected chi connectivity index (χ0v) is 12.0. The number of rotatable bonds is 2. The second kappa shape index (κ2) is 5.10. The lowest BCUT2D eigenvalue weighted by atomic mass is 10.1. The average molecular weight is 285 g/mol. The van der Waals surface area contributed by atoms with Crippen LogP contribution in [-0.2, 0) is 0 Å². The maximum absolute atomic E-state index is 6.00. The van der Waals surface area contributed by atoms with Crippen molar-refractivity contribution in [1.82, 2.24) is 9.97 Å². The molecule has 20 heavy (non-hydrogen) atoms. The molecule has 4 heteroatoms. The summed E-state index contributed by atoms with van der Waals surface area (Å²) in [5.41, 5.74) is 2.89. The fourth-order valence-corrected chi connectivity index (χ4v) is 2.32. The van der Waals surface area contributed by atoms with E-state index >= 15 is 0 Å². The van der Waals surface area contributed by atoms with Gasteiger partial charge in [0.05, 0.1) is 10.9 Å². The predicted molar refractivity (Wildman–Crippen MR) is 80.5 cm³/mol. The molecule has 2 aromatic carbocycles. The highest BCUT2D eigenvalue weighted by Gasteiger charge is 2.11. The van der Waals surface area contributed by atoms with Gasteiger partial charge in [0.15, 0.2) is 0 Å². The third kappa shape index (κ3) is 2.32. The third-order valence-electron chi connectivity index (χ3n) is 3.15. The van der Waals surface area contributed by atoms with Crippen molar-refractivity contribution >= 4 is 22.5 Å². The Labute approximate surface area is 122 Å². The molecule has 0 unspecified atom stereocenters. The van der Waals surface area contributed by atoms with E-state index in [2.05, 4.69) is 9.97 Å². The molecule has 1 heterocycles. The summed E-state index contributed by atoms with van der Waals surface area (Å²) in [5.74, 6) is 1.30. The van der Waals surface area contributed by atoms with Crippen molar-refractivity contribution in [3.63, 3.8) is 0 Å². The molecule has 1 aromatic heterocycles. The van der Waals surface area contributed by atoms with Crippen LogP contribution in [0.1, 0.15) is 11.1 Å². The van der Waals surface area contributed by atoms with Crippen molar-refractivity contribution in [3.05, 3.63) is 58.9 Å². The SMILES string of the molecule is Cc1cccc(C)c1Oc1nc(Cl)nc2ccccc12. The molecule has 0 fully saturated rings. The third-order valence-corrected chi connectivity index (χ3v) is 3.32. The Bertz CT molecular complexity index is 766. The molecule has 0 aliphatic rings. The Hall–Kier alpha value is -2.13. The minimum Gasteiger partial charge on any atom is -0.438 e. The molecule has 0 aliphatic heterocycles. The van der Waals surface area contributed by atoms with E-state index < -0.39 is 0 Å². The predicted octanol–water partition coefficient (Wildman–Crippen LogP) is 4.69. The topological polar surface area (TPSA) is 35.0 Å². The number of hydrogen-bond acceptors (Lipinski definition) is 3. The average Bonchev–Trinajstić information content (AvgIpc) is 2.42. The highest BCUT2D eigenvalue weighted by molar-refractivity contribution is 6.28. The van der Waals surface area contributed by atoms with Crippen LogP contribution in [0, 0.1) is 13.8 Å². The summed E-state index contributed by atoms with van der Waals surface area (Å²) < 4.78 is 6.00. The highest BCUT2D eigenvalue weighted by Crippen LogP contribution is 2.32. The van der Waals surface area contributed by atoms with Gasteiger partial charge in [-0.25, -0.2) is 4.98 Å².